The monoisotopic (exact) mass is 237 g/mol. The fourth-order valence-corrected chi connectivity index (χ4v) is 1.31. The van der Waals surface area contributed by atoms with Crippen molar-refractivity contribution in [1.29, 1.82) is 0 Å². The summed E-state index contributed by atoms with van der Waals surface area (Å²) in [5, 5.41) is 8.93. The van der Waals surface area contributed by atoms with Gasteiger partial charge in [0.2, 0.25) is 0 Å². The summed E-state index contributed by atoms with van der Waals surface area (Å²) in [5.74, 6) is -1.54. The number of carbonyl (C=O) groups is 2. The summed E-state index contributed by atoms with van der Waals surface area (Å²) in [7, 11) is 0. The van der Waals surface area contributed by atoms with Crippen LogP contribution in [0.15, 0.2) is 18.5 Å². The molecule has 1 rings (SSSR count). The number of ether oxygens (including phenoxy) is 1. The Hall–Kier alpha value is -1.91. The van der Waals surface area contributed by atoms with E-state index < -0.39 is 17.5 Å². The van der Waals surface area contributed by atoms with Crippen LogP contribution in [0, 0.1) is 0 Å². The maximum Gasteiger partial charge on any atom is 0.336 e. The number of carboxylic acids is 1. The lowest BCUT2D eigenvalue weighted by Gasteiger charge is -2.19. The molecule has 0 fully saturated rings. The second kappa shape index (κ2) is 4.95. The second-order valence-corrected chi connectivity index (χ2v) is 4.60. The van der Waals surface area contributed by atoms with Gasteiger partial charge in [0.05, 0.1) is 12.0 Å². The van der Waals surface area contributed by atoms with E-state index in [-0.39, 0.29) is 12.0 Å². The number of nitrogens with zero attached hydrogens (tertiary/aromatic N) is 1. The van der Waals surface area contributed by atoms with Gasteiger partial charge in [-0.15, -0.1) is 0 Å². The molecule has 5 nitrogen and oxygen atoms in total. The topological polar surface area (TPSA) is 76.5 Å². The highest BCUT2D eigenvalue weighted by molar-refractivity contribution is 5.90. The van der Waals surface area contributed by atoms with Crippen molar-refractivity contribution in [2.75, 3.05) is 0 Å². The molecule has 0 aliphatic carbocycles. The molecule has 0 bridgehead atoms. The third-order valence-electron chi connectivity index (χ3n) is 1.89. The van der Waals surface area contributed by atoms with Crippen LogP contribution in [-0.2, 0) is 16.0 Å². The zero-order chi connectivity index (χ0) is 13.1. The van der Waals surface area contributed by atoms with E-state index in [1.54, 1.807) is 20.8 Å². The summed E-state index contributed by atoms with van der Waals surface area (Å²) >= 11 is 0. The molecule has 1 aromatic heterocycles. The minimum absolute atomic E-state index is 0.0749. The fourth-order valence-electron chi connectivity index (χ4n) is 1.31. The van der Waals surface area contributed by atoms with Gasteiger partial charge in [0.15, 0.2) is 0 Å². The maximum atomic E-state index is 11.6. The van der Waals surface area contributed by atoms with Crippen LogP contribution in [-0.4, -0.2) is 27.6 Å². The van der Waals surface area contributed by atoms with Crippen LogP contribution in [0.1, 0.15) is 36.7 Å². The Labute approximate surface area is 99.4 Å². The highest BCUT2D eigenvalue weighted by atomic mass is 16.6. The fraction of sp³-hybridized carbons (Fsp3) is 0.417. The maximum absolute atomic E-state index is 11.6. The van der Waals surface area contributed by atoms with Crippen molar-refractivity contribution in [3.8, 4) is 0 Å². The zero-order valence-electron chi connectivity index (χ0n) is 10.1. The molecule has 1 N–H and O–H groups in total. The lowest BCUT2D eigenvalue weighted by Crippen LogP contribution is -2.25. The zero-order valence-corrected chi connectivity index (χ0v) is 10.1. The van der Waals surface area contributed by atoms with Gasteiger partial charge in [-0.05, 0) is 32.4 Å². The van der Waals surface area contributed by atoms with Crippen LogP contribution >= 0.6 is 0 Å². The van der Waals surface area contributed by atoms with E-state index in [1.165, 1.54) is 18.5 Å². The van der Waals surface area contributed by atoms with Gasteiger partial charge in [0.1, 0.15) is 5.60 Å². The average Bonchev–Trinajstić information content (AvgIpc) is 2.14. The van der Waals surface area contributed by atoms with Crippen molar-refractivity contribution in [2.24, 2.45) is 0 Å². The summed E-state index contributed by atoms with van der Waals surface area (Å²) in [6.07, 6.45) is 2.65. The van der Waals surface area contributed by atoms with Crippen LogP contribution < -0.4 is 0 Å². The first-order chi connectivity index (χ1) is 7.79. The molecular weight excluding hydrogens is 222 g/mol. The van der Waals surface area contributed by atoms with Gasteiger partial charge in [-0.3, -0.25) is 9.78 Å². The molecule has 1 heterocycles. The van der Waals surface area contributed by atoms with Gasteiger partial charge >= 0.3 is 11.9 Å². The summed E-state index contributed by atoms with van der Waals surface area (Å²) in [4.78, 5) is 26.3. The lowest BCUT2D eigenvalue weighted by molar-refractivity contribution is -0.153. The molecule has 0 atom stereocenters. The van der Waals surface area contributed by atoms with Gasteiger partial charge < -0.3 is 9.84 Å². The molecule has 0 unspecified atom stereocenters. The van der Waals surface area contributed by atoms with E-state index in [0.29, 0.717) is 5.56 Å². The third kappa shape index (κ3) is 4.22. The number of pyridine rings is 1. The predicted molar refractivity (Wildman–Crippen MR) is 60.7 cm³/mol. The summed E-state index contributed by atoms with van der Waals surface area (Å²) in [6.45, 7) is 5.27. The summed E-state index contributed by atoms with van der Waals surface area (Å²) < 4.78 is 5.12. The van der Waals surface area contributed by atoms with Crippen molar-refractivity contribution >= 4 is 11.9 Å². The van der Waals surface area contributed by atoms with Gasteiger partial charge in [0.25, 0.3) is 0 Å². The lowest BCUT2D eigenvalue weighted by atomic mass is 10.1. The number of aromatic carboxylic acids is 1. The van der Waals surface area contributed by atoms with Gasteiger partial charge in [-0.1, -0.05) is 0 Å². The van der Waals surface area contributed by atoms with E-state index in [9.17, 15) is 9.59 Å². The molecule has 0 aliphatic heterocycles. The van der Waals surface area contributed by atoms with Crippen molar-refractivity contribution in [3.63, 3.8) is 0 Å². The van der Waals surface area contributed by atoms with Crippen molar-refractivity contribution in [2.45, 2.75) is 32.8 Å². The smallest absolute Gasteiger partial charge is 0.336 e. The molecule has 0 aliphatic rings. The highest BCUT2D eigenvalue weighted by Crippen LogP contribution is 2.12. The first-order valence-corrected chi connectivity index (χ1v) is 5.17. The molecule has 0 saturated carbocycles. The van der Waals surface area contributed by atoms with E-state index in [0.717, 1.165) is 0 Å². The largest absolute Gasteiger partial charge is 0.478 e. The van der Waals surface area contributed by atoms with E-state index in [1.807, 2.05) is 0 Å². The standard InChI is InChI=1S/C12H15NO4/c1-12(2,3)17-10(14)6-8-7-13-5-4-9(8)11(15)16/h4-5,7H,6H2,1-3H3,(H,15,16). The minimum Gasteiger partial charge on any atom is -0.478 e. The number of aromatic nitrogens is 1. The Bertz CT molecular complexity index is 434. The molecule has 92 valence electrons. The van der Waals surface area contributed by atoms with Crippen molar-refractivity contribution in [3.05, 3.63) is 29.6 Å². The van der Waals surface area contributed by atoms with Crippen LogP contribution in [0.4, 0.5) is 0 Å². The number of hydrogen-bond donors (Lipinski definition) is 1. The molecular formula is C12H15NO4. The van der Waals surface area contributed by atoms with E-state index in [4.69, 9.17) is 9.84 Å². The van der Waals surface area contributed by atoms with Crippen LogP contribution in [0.2, 0.25) is 0 Å². The van der Waals surface area contributed by atoms with Crippen molar-refractivity contribution in [1.82, 2.24) is 4.98 Å². The summed E-state index contributed by atoms with van der Waals surface area (Å²) in [6, 6.07) is 1.36. The number of carbonyl (C=O) groups excluding carboxylic acids is 1. The van der Waals surface area contributed by atoms with Gasteiger partial charge in [-0.2, -0.15) is 0 Å². The Morgan fingerprint density at radius 3 is 2.59 bits per heavy atom. The molecule has 0 amide bonds. The Morgan fingerprint density at radius 1 is 1.41 bits per heavy atom. The molecule has 0 spiro atoms. The second-order valence-electron chi connectivity index (χ2n) is 4.60. The Balaban J connectivity index is 2.82. The molecule has 0 radical (unpaired) electrons. The first-order valence-electron chi connectivity index (χ1n) is 5.17. The molecule has 0 aromatic carbocycles. The SMILES string of the molecule is CC(C)(C)OC(=O)Cc1cnccc1C(=O)O. The third-order valence-corrected chi connectivity index (χ3v) is 1.89. The summed E-state index contributed by atoms with van der Waals surface area (Å²) in [5.41, 5.74) is -0.150. The predicted octanol–water partition coefficient (Wildman–Crippen LogP) is 1.66. The van der Waals surface area contributed by atoms with Crippen molar-refractivity contribution < 1.29 is 19.4 Å². The number of rotatable bonds is 3. The molecule has 1 aromatic rings. The highest BCUT2D eigenvalue weighted by Gasteiger charge is 2.19. The van der Waals surface area contributed by atoms with Crippen LogP contribution in [0.25, 0.3) is 0 Å². The minimum atomic E-state index is -1.08. The molecule has 17 heavy (non-hydrogen) atoms. The average molecular weight is 237 g/mol. The van der Waals surface area contributed by atoms with Crippen LogP contribution in [0.5, 0.6) is 0 Å². The Morgan fingerprint density at radius 2 is 2.06 bits per heavy atom. The number of carboxylic acid groups (broad SMARTS) is 1. The normalized spacial score (nSPS) is 11.0. The Kier molecular flexibility index (Phi) is 3.83. The van der Waals surface area contributed by atoms with E-state index >= 15 is 0 Å². The number of hydrogen-bond acceptors (Lipinski definition) is 4. The quantitative estimate of drug-likeness (QED) is 0.809. The number of esters is 1. The first kappa shape index (κ1) is 13.2. The molecule has 5 heteroatoms. The van der Waals surface area contributed by atoms with Gasteiger partial charge in [-0.25, -0.2) is 4.79 Å². The van der Waals surface area contributed by atoms with Gasteiger partial charge in [0, 0.05) is 12.4 Å². The van der Waals surface area contributed by atoms with E-state index in [2.05, 4.69) is 4.98 Å². The van der Waals surface area contributed by atoms with Crippen LogP contribution in [0.3, 0.4) is 0 Å². The molecule has 0 saturated heterocycles.